The molecule has 0 saturated carbocycles. The number of nitrogens with zero attached hydrogens (tertiary/aromatic N) is 1. The lowest BCUT2D eigenvalue weighted by atomic mass is 9.98. The van der Waals surface area contributed by atoms with Gasteiger partial charge in [-0.2, -0.15) is 0 Å². The van der Waals surface area contributed by atoms with Crippen molar-refractivity contribution in [3.05, 3.63) is 58.0 Å². The average Bonchev–Trinajstić information content (AvgIpc) is 2.39. The molecule has 2 aromatic rings. The molecule has 0 aliphatic heterocycles. The minimum absolute atomic E-state index is 0.0333. The summed E-state index contributed by atoms with van der Waals surface area (Å²) in [5.41, 5.74) is 0.836. The number of rotatable bonds is 3. The van der Waals surface area contributed by atoms with Crippen molar-refractivity contribution in [2.75, 3.05) is 0 Å². The van der Waals surface area contributed by atoms with Gasteiger partial charge in [0.25, 0.3) is 0 Å². The van der Waals surface area contributed by atoms with Crippen LogP contribution in [0.2, 0.25) is 0 Å². The molecule has 0 fully saturated rings. The summed E-state index contributed by atoms with van der Waals surface area (Å²) >= 11 is 0. The molecule has 0 bridgehead atoms. The van der Waals surface area contributed by atoms with Crippen molar-refractivity contribution >= 4 is 0 Å². The Morgan fingerprint density at radius 1 is 1.00 bits per heavy atom. The van der Waals surface area contributed by atoms with E-state index in [0.29, 0.717) is 5.56 Å². The van der Waals surface area contributed by atoms with Gasteiger partial charge < -0.3 is 4.57 Å². The molecule has 21 heavy (non-hydrogen) atoms. The minimum atomic E-state index is -0.719. The van der Waals surface area contributed by atoms with Gasteiger partial charge in [-0.25, -0.2) is 8.78 Å². The first-order valence-corrected chi connectivity index (χ1v) is 7.02. The van der Waals surface area contributed by atoms with E-state index in [0.717, 1.165) is 6.07 Å². The summed E-state index contributed by atoms with van der Waals surface area (Å²) in [6.45, 7) is 7.82. The average molecular weight is 291 g/mol. The third-order valence-electron chi connectivity index (χ3n) is 3.51. The Morgan fingerprint density at radius 2 is 1.67 bits per heavy atom. The van der Waals surface area contributed by atoms with Gasteiger partial charge in [0.2, 0.25) is 0 Å². The van der Waals surface area contributed by atoms with E-state index in [4.69, 9.17) is 0 Å². The Labute approximate surface area is 123 Å². The first-order chi connectivity index (χ1) is 9.81. The Balaban J connectivity index is 2.75. The second-order valence-corrected chi connectivity index (χ2v) is 5.78. The Morgan fingerprint density at radius 3 is 2.19 bits per heavy atom. The summed E-state index contributed by atoms with van der Waals surface area (Å²) in [4.78, 5) is 12.5. The van der Waals surface area contributed by atoms with Crippen molar-refractivity contribution in [2.24, 2.45) is 0 Å². The molecule has 0 unspecified atom stereocenters. The molecule has 4 heteroatoms. The van der Waals surface area contributed by atoms with E-state index in [2.05, 4.69) is 0 Å². The maximum absolute atomic E-state index is 14.0. The predicted molar refractivity (Wildman–Crippen MR) is 80.5 cm³/mol. The Kier molecular flexibility index (Phi) is 4.26. The van der Waals surface area contributed by atoms with Gasteiger partial charge in [0.15, 0.2) is 5.43 Å². The topological polar surface area (TPSA) is 22.0 Å². The summed E-state index contributed by atoms with van der Waals surface area (Å²) in [6, 6.07) is 3.43. The molecule has 0 amide bonds. The summed E-state index contributed by atoms with van der Waals surface area (Å²) in [5.74, 6) is -1.34. The van der Waals surface area contributed by atoms with E-state index in [1.165, 1.54) is 12.1 Å². The lowest BCUT2D eigenvalue weighted by molar-refractivity contribution is 0.580. The van der Waals surface area contributed by atoms with Crippen LogP contribution in [0.4, 0.5) is 8.78 Å². The van der Waals surface area contributed by atoms with Crippen LogP contribution in [0.1, 0.15) is 45.2 Å². The predicted octanol–water partition coefficient (Wildman–Crippen LogP) is 4.50. The highest BCUT2D eigenvalue weighted by Crippen LogP contribution is 2.23. The fourth-order valence-corrected chi connectivity index (χ4v) is 2.23. The normalized spacial score (nSPS) is 11.4. The number of hydrogen-bond donors (Lipinski definition) is 0. The van der Waals surface area contributed by atoms with Crippen LogP contribution < -0.4 is 5.43 Å². The quantitative estimate of drug-likeness (QED) is 0.816. The Hall–Kier alpha value is -1.97. The highest BCUT2D eigenvalue weighted by atomic mass is 19.1. The van der Waals surface area contributed by atoms with Gasteiger partial charge in [-0.1, -0.05) is 13.8 Å². The van der Waals surface area contributed by atoms with Gasteiger partial charge in [0.1, 0.15) is 11.6 Å². The zero-order valence-corrected chi connectivity index (χ0v) is 12.7. The van der Waals surface area contributed by atoms with Crippen molar-refractivity contribution in [1.82, 2.24) is 4.57 Å². The van der Waals surface area contributed by atoms with Gasteiger partial charge in [-0.15, -0.1) is 0 Å². The number of halogens is 2. The molecule has 0 aliphatic carbocycles. The first-order valence-electron chi connectivity index (χ1n) is 7.02. The zero-order chi connectivity index (χ0) is 15.7. The van der Waals surface area contributed by atoms with Crippen molar-refractivity contribution in [1.29, 1.82) is 0 Å². The van der Waals surface area contributed by atoms with Gasteiger partial charge in [-0.3, -0.25) is 4.79 Å². The number of aromatic nitrogens is 1. The number of pyridine rings is 1. The molecule has 2 rings (SSSR count). The molecule has 0 atom stereocenters. The molecule has 1 aromatic heterocycles. The van der Waals surface area contributed by atoms with Crippen LogP contribution in [-0.2, 0) is 0 Å². The van der Waals surface area contributed by atoms with E-state index >= 15 is 0 Å². The van der Waals surface area contributed by atoms with Crippen LogP contribution in [-0.4, -0.2) is 4.57 Å². The van der Waals surface area contributed by atoms with Crippen LogP contribution >= 0.6 is 0 Å². The molecule has 0 aliphatic rings. The first kappa shape index (κ1) is 15.4. The van der Waals surface area contributed by atoms with E-state index in [9.17, 15) is 13.6 Å². The van der Waals surface area contributed by atoms with Gasteiger partial charge in [0, 0.05) is 41.2 Å². The fourth-order valence-electron chi connectivity index (χ4n) is 2.23. The fraction of sp³-hybridized carbons (Fsp3) is 0.353. The van der Waals surface area contributed by atoms with E-state index in [1.54, 1.807) is 6.20 Å². The highest BCUT2D eigenvalue weighted by molar-refractivity contribution is 5.64. The standard InChI is InChI=1S/C17H19F2NO/c1-10(2)14-8-20(11(3)4)9-15(17(14)21)13-6-5-12(18)7-16(13)19/h5-11H,1-4H3. The molecule has 0 N–H and O–H groups in total. The van der Waals surface area contributed by atoms with Crippen LogP contribution in [0.15, 0.2) is 35.4 Å². The summed E-state index contributed by atoms with van der Waals surface area (Å²) in [6.07, 6.45) is 3.44. The van der Waals surface area contributed by atoms with Crippen molar-refractivity contribution in [3.63, 3.8) is 0 Å². The third kappa shape index (κ3) is 3.04. The zero-order valence-electron chi connectivity index (χ0n) is 12.7. The molecule has 1 aromatic carbocycles. The molecule has 0 spiro atoms. The summed E-state index contributed by atoms with van der Waals surface area (Å²) < 4.78 is 28.9. The largest absolute Gasteiger partial charge is 0.351 e. The molecule has 0 radical (unpaired) electrons. The number of hydrogen-bond acceptors (Lipinski definition) is 1. The van der Waals surface area contributed by atoms with E-state index in [1.807, 2.05) is 38.5 Å². The second kappa shape index (κ2) is 5.80. The third-order valence-corrected chi connectivity index (χ3v) is 3.51. The van der Waals surface area contributed by atoms with Gasteiger partial charge >= 0.3 is 0 Å². The highest BCUT2D eigenvalue weighted by Gasteiger charge is 2.16. The van der Waals surface area contributed by atoms with Crippen molar-refractivity contribution in [2.45, 2.75) is 39.7 Å². The molecular weight excluding hydrogens is 272 g/mol. The van der Waals surface area contributed by atoms with Crippen molar-refractivity contribution < 1.29 is 8.78 Å². The lowest BCUT2D eigenvalue weighted by Gasteiger charge is -2.17. The van der Waals surface area contributed by atoms with E-state index < -0.39 is 11.6 Å². The molecule has 1 heterocycles. The Bertz CT molecular complexity index is 717. The molecule has 112 valence electrons. The molecule has 0 saturated heterocycles. The maximum atomic E-state index is 14.0. The summed E-state index contributed by atoms with van der Waals surface area (Å²) in [5, 5.41) is 0. The monoisotopic (exact) mass is 291 g/mol. The van der Waals surface area contributed by atoms with Crippen LogP contribution in [0.25, 0.3) is 11.1 Å². The van der Waals surface area contributed by atoms with Crippen LogP contribution in [0, 0.1) is 11.6 Å². The minimum Gasteiger partial charge on any atom is -0.351 e. The molecular formula is C17H19F2NO. The van der Waals surface area contributed by atoms with Crippen LogP contribution in [0.5, 0.6) is 0 Å². The smallest absolute Gasteiger partial charge is 0.192 e. The van der Waals surface area contributed by atoms with Crippen LogP contribution in [0.3, 0.4) is 0 Å². The molecule has 2 nitrogen and oxygen atoms in total. The van der Waals surface area contributed by atoms with Gasteiger partial charge in [0.05, 0.1) is 0 Å². The number of benzene rings is 1. The second-order valence-electron chi connectivity index (χ2n) is 5.78. The van der Waals surface area contributed by atoms with E-state index in [-0.39, 0.29) is 28.5 Å². The SMILES string of the molecule is CC(C)c1cn(C(C)C)cc(-c2ccc(F)cc2F)c1=O. The summed E-state index contributed by atoms with van der Waals surface area (Å²) in [7, 11) is 0. The van der Waals surface area contributed by atoms with Gasteiger partial charge in [-0.05, 0) is 31.9 Å². The van der Waals surface area contributed by atoms with Crippen molar-refractivity contribution in [3.8, 4) is 11.1 Å². The lowest BCUT2D eigenvalue weighted by Crippen LogP contribution is -2.18. The maximum Gasteiger partial charge on any atom is 0.192 e.